The Balaban J connectivity index is 1.31. The Morgan fingerprint density at radius 3 is 2.23 bits per heavy atom. The number of carboxylic acid groups (broad SMARTS) is 1. The molecule has 35 heavy (non-hydrogen) atoms. The van der Waals surface area contributed by atoms with Gasteiger partial charge in [-0.1, -0.05) is 48.5 Å². The summed E-state index contributed by atoms with van der Waals surface area (Å²) in [4.78, 5) is 38.1. The van der Waals surface area contributed by atoms with Gasteiger partial charge < -0.3 is 20.1 Å². The summed E-state index contributed by atoms with van der Waals surface area (Å²) in [5.41, 5.74) is 4.69. The summed E-state index contributed by atoms with van der Waals surface area (Å²) in [6.45, 7) is 3.26. The van der Waals surface area contributed by atoms with Crippen molar-refractivity contribution in [3.63, 3.8) is 0 Å². The van der Waals surface area contributed by atoms with E-state index in [1.165, 1.54) is 11.1 Å². The summed E-state index contributed by atoms with van der Waals surface area (Å²) in [7, 11) is 0. The maximum atomic E-state index is 12.9. The molecule has 2 aromatic carbocycles. The van der Waals surface area contributed by atoms with Gasteiger partial charge in [0.2, 0.25) is 5.91 Å². The maximum absolute atomic E-state index is 12.9. The van der Waals surface area contributed by atoms with Gasteiger partial charge >= 0.3 is 12.1 Å². The van der Waals surface area contributed by atoms with Gasteiger partial charge in [-0.15, -0.1) is 0 Å². The van der Waals surface area contributed by atoms with E-state index < -0.39 is 12.1 Å². The molecule has 1 atom stereocenters. The molecule has 1 fully saturated rings. The summed E-state index contributed by atoms with van der Waals surface area (Å²) in [5.74, 6) is -0.542. The molecule has 0 bridgehead atoms. The summed E-state index contributed by atoms with van der Waals surface area (Å²) in [6, 6.07) is 16.2. The van der Waals surface area contributed by atoms with Crippen molar-refractivity contribution in [2.45, 2.75) is 57.4 Å². The number of unbranched alkanes of at least 4 members (excludes halogenated alkanes) is 1. The van der Waals surface area contributed by atoms with Crippen LogP contribution in [0.4, 0.5) is 4.79 Å². The van der Waals surface area contributed by atoms with Crippen molar-refractivity contribution in [3.05, 3.63) is 59.7 Å². The number of nitrogens with one attached hydrogen (secondary N) is 1. The van der Waals surface area contributed by atoms with E-state index >= 15 is 0 Å². The number of hydrogen-bond donors (Lipinski definition) is 2. The Morgan fingerprint density at radius 1 is 1.03 bits per heavy atom. The predicted molar refractivity (Wildman–Crippen MR) is 133 cm³/mol. The molecule has 2 N–H and O–H groups in total. The number of carbonyl (C=O) groups excluding carboxylic acids is 2. The molecule has 2 aliphatic rings. The molecule has 0 spiro atoms. The van der Waals surface area contributed by atoms with Crippen molar-refractivity contribution in [1.29, 1.82) is 0 Å². The Morgan fingerprint density at radius 2 is 1.66 bits per heavy atom. The largest absolute Gasteiger partial charge is 0.481 e. The maximum Gasteiger partial charge on any atom is 0.407 e. The first-order valence-corrected chi connectivity index (χ1v) is 12.6. The highest BCUT2D eigenvalue weighted by molar-refractivity contribution is 5.80. The number of ether oxygens (including phenoxy) is 1. The van der Waals surface area contributed by atoms with Gasteiger partial charge in [0.25, 0.3) is 0 Å². The summed E-state index contributed by atoms with van der Waals surface area (Å²) >= 11 is 0. The summed E-state index contributed by atoms with van der Waals surface area (Å²) in [6.07, 6.45) is 3.05. The third-order valence-electron chi connectivity index (χ3n) is 7.04. The monoisotopic (exact) mass is 478 g/mol. The van der Waals surface area contributed by atoms with Gasteiger partial charge in [0, 0.05) is 37.9 Å². The fraction of sp³-hybridized carbons (Fsp3) is 0.464. The molecule has 1 saturated carbocycles. The minimum Gasteiger partial charge on any atom is -0.481 e. The van der Waals surface area contributed by atoms with Crippen LogP contribution in [0.2, 0.25) is 0 Å². The zero-order chi connectivity index (χ0) is 24.8. The van der Waals surface area contributed by atoms with Crippen LogP contribution in [0.3, 0.4) is 0 Å². The molecule has 2 amide bonds. The van der Waals surface area contributed by atoms with Crippen LogP contribution in [-0.2, 0) is 14.3 Å². The Kier molecular flexibility index (Phi) is 8.06. The molecule has 1 unspecified atom stereocenters. The first-order valence-electron chi connectivity index (χ1n) is 12.6. The van der Waals surface area contributed by atoms with Crippen LogP contribution in [0.25, 0.3) is 11.1 Å². The number of carbonyl (C=O) groups is 3. The van der Waals surface area contributed by atoms with E-state index in [2.05, 4.69) is 29.6 Å². The van der Waals surface area contributed by atoms with Crippen LogP contribution in [0.5, 0.6) is 0 Å². The van der Waals surface area contributed by atoms with Crippen LogP contribution in [0.1, 0.15) is 62.5 Å². The van der Waals surface area contributed by atoms with Crippen molar-refractivity contribution in [2.75, 3.05) is 19.7 Å². The first-order chi connectivity index (χ1) is 17.0. The van der Waals surface area contributed by atoms with Gasteiger partial charge in [-0.25, -0.2) is 4.79 Å². The number of nitrogens with zero attached hydrogens (tertiary/aromatic N) is 1. The van der Waals surface area contributed by atoms with E-state index in [1.54, 1.807) is 4.90 Å². The molecule has 4 rings (SSSR count). The lowest BCUT2D eigenvalue weighted by Gasteiger charge is -2.25. The smallest absolute Gasteiger partial charge is 0.407 e. The topological polar surface area (TPSA) is 95.9 Å². The number of hydrogen-bond acceptors (Lipinski definition) is 4. The SMILES string of the molecule is CCN(CCCCC(=O)O)C(=O)CC(NC(=O)OCC1c2ccccc2-c2ccccc21)C1CC1. The first kappa shape index (κ1) is 24.8. The average molecular weight is 479 g/mol. The molecule has 186 valence electrons. The van der Waals surface area contributed by atoms with Gasteiger partial charge in [0.1, 0.15) is 6.61 Å². The van der Waals surface area contributed by atoms with E-state index in [9.17, 15) is 14.4 Å². The summed E-state index contributed by atoms with van der Waals surface area (Å²) in [5, 5.41) is 11.7. The Labute approximate surface area is 206 Å². The van der Waals surface area contributed by atoms with Crippen LogP contribution in [0.15, 0.2) is 48.5 Å². The number of aliphatic carboxylic acids is 1. The fourth-order valence-corrected chi connectivity index (χ4v) is 4.98. The molecular formula is C28H34N2O5. The van der Waals surface area contributed by atoms with E-state index in [1.807, 2.05) is 31.2 Å². The zero-order valence-electron chi connectivity index (χ0n) is 20.2. The third kappa shape index (κ3) is 6.21. The number of benzene rings is 2. The highest BCUT2D eigenvalue weighted by atomic mass is 16.5. The molecule has 2 aliphatic carbocycles. The molecule has 0 heterocycles. The van der Waals surface area contributed by atoms with Crippen molar-refractivity contribution < 1.29 is 24.2 Å². The van der Waals surface area contributed by atoms with E-state index in [0.29, 0.717) is 31.8 Å². The number of fused-ring (bicyclic) bond motifs is 3. The molecule has 2 aromatic rings. The minimum atomic E-state index is -0.819. The second-order valence-corrected chi connectivity index (χ2v) is 9.44. The van der Waals surface area contributed by atoms with E-state index in [-0.39, 0.29) is 37.3 Å². The molecule has 0 saturated heterocycles. The Bertz CT molecular complexity index is 1020. The zero-order valence-corrected chi connectivity index (χ0v) is 20.2. The normalized spacial score (nSPS) is 15.1. The quantitative estimate of drug-likeness (QED) is 0.427. The van der Waals surface area contributed by atoms with Gasteiger partial charge in [0.05, 0.1) is 0 Å². The minimum absolute atomic E-state index is 0.00413. The van der Waals surface area contributed by atoms with Crippen LogP contribution in [0, 0.1) is 5.92 Å². The molecule has 7 nitrogen and oxygen atoms in total. The van der Waals surface area contributed by atoms with Gasteiger partial charge in [-0.2, -0.15) is 0 Å². The molecule has 0 aliphatic heterocycles. The van der Waals surface area contributed by atoms with Crippen molar-refractivity contribution >= 4 is 18.0 Å². The van der Waals surface area contributed by atoms with Gasteiger partial charge in [0.15, 0.2) is 0 Å². The number of alkyl carbamates (subject to hydrolysis) is 1. The summed E-state index contributed by atoms with van der Waals surface area (Å²) < 4.78 is 5.69. The second kappa shape index (κ2) is 11.4. The third-order valence-corrected chi connectivity index (χ3v) is 7.04. The lowest BCUT2D eigenvalue weighted by Crippen LogP contribution is -2.42. The molecule has 0 radical (unpaired) electrons. The standard InChI is InChI=1S/C28H34N2O5/c1-2-30(16-8-7-13-27(32)33)26(31)17-25(19-14-15-19)29-28(34)35-18-24-22-11-5-3-9-20(22)21-10-4-6-12-23(21)24/h3-6,9-12,19,24-25H,2,7-8,13-18H2,1H3,(H,29,34)(H,32,33). The second-order valence-electron chi connectivity index (χ2n) is 9.44. The molecule has 0 aromatic heterocycles. The van der Waals surface area contributed by atoms with Crippen LogP contribution in [-0.4, -0.2) is 53.7 Å². The lowest BCUT2D eigenvalue weighted by molar-refractivity contribution is -0.137. The van der Waals surface area contributed by atoms with E-state index in [4.69, 9.17) is 9.84 Å². The highest BCUT2D eigenvalue weighted by Crippen LogP contribution is 2.44. The van der Waals surface area contributed by atoms with E-state index in [0.717, 1.165) is 24.0 Å². The lowest BCUT2D eigenvalue weighted by atomic mass is 9.98. The number of amides is 2. The predicted octanol–water partition coefficient (Wildman–Crippen LogP) is 4.80. The highest BCUT2D eigenvalue weighted by Gasteiger charge is 2.35. The number of carboxylic acids is 1. The van der Waals surface area contributed by atoms with Crippen molar-refractivity contribution in [3.8, 4) is 11.1 Å². The Hall–Kier alpha value is -3.35. The molecular weight excluding hydrogens is 444 g/mol. The van der Waals surface area contributed by atoms with Crippen LogP contribution < -0.4 is 5.32 Å². The van der Waals surface area contributed by atoms with Crippen molar-refractivity contribution in [1.82, 2.24) is 10.2 Å². The molecule has 7 heteroatoms. The van der Waals surface area contributed by atoms with Gasteiger partial charge in [-0.05, 0) is 60.8 Å². The average Bonchev–Trinajstić information content (AvgIpc) is 3.65. The van der Waals surface area contributed by atoms with Crippen molar-refractivity contribution in [2.24, 2.45) is 5.92 Å². The van der Waals surface area contributed by atoms with Crippen LogP contribution >= 0.6 is 0 Å². The fourth-order valence-electron chi connectivity index (χ4n) is 4.98. The number of rotatable bonds is 12. The van der Waals surface area contributed by atoms with Gasteiger partial charge in [-0.3, -0.25) is 9.59 Å².